The summed E-state index contributed by atoms with van der Waals surface area (Å²) in [4.78, 5) is 71.2. The number of hydrogen-bond donors (Lipinski definition) is 1. The third-order valence-corrected chi connectivity index (χ3v) is 17.1. The Labute approximate surface area is 470 Å². The van der Waals surface area contributed by atoms with Crippen LogP contribution in [0.2, 0.25) is 0 Å². The molecule has 11 rings (SSSR count). The van der Waals surface area contributed by atoms with Crippen LogP contribution in [0.15, 0.2) is 163 Å². The summed E-state index contributed by atoms with van der Waals surface area (Å²) in [5, 5.41) is 13.9. The zero-order valence-electron chi connectivity index (χ0n) is 45.8. The minimum Gasteiger partial charge on any atom is -0.871 e. The van der Waals surface area contributed by atoms with Crippen LogP contribution >= 0.6 is 0 Å². The number of nitrogens with zero attached hydrogens (tertiary/aromatic N) is 3. The maximum atomic E-state index is 13.9. The van der Waals surface area contributed by atoms with Crippen molar-refractivity contribution >= 4 is 52.0 Å². The first-order valence-electron chi connectivity index (χ1n) is 29.4. The predicted molar refractivity (Wildman–Crippen MR) is 308 cm³/mol. The molecule has 0 radical (unpaired) electrons. The fourth-order valence-corrected chi connectivity index (χ4v) is 12.8. The summed E-state index contributed by atoms with van der Waals surface area (Å²) in [6, 6.07) is 39.5. The fourth-order valence-electron chi connectivity index (χ4n) is 12.8. The van der Waals surface area contributed by atoms with Crippen molar-refractivity contribution in [3.63, 3.8) is 0 Å². The van der Waals surface area contributed by atoms with Gasteiger partial charge in [-0.05, 0) is 160 Å². The molecule has 2 saturated carbocycles. The molecule has 2 heterocycles. The topological polar surface area (TPSA) is 141 Å². The molecule has 80 heavy (non-hydrogen) atoms. The molecule has 2 aliphatic heterocycles. The van der Waals surface area contributed by atoms with Crippen LogP contribution in [0.5, 0.6) is 11.5 Å². The Bertz CT molecular complexity index is 3130. The second-order valence-electron chi connectivity index (χ2n) is 22.3. The fraction of sp³-hybridized carbons (Fsp3) is 0.368. The van der Waals surface area contributed by atoms with Crippen molar-refractivity contribution in [3.05, 3.63) is 190 Å². The molecule has 4 aliphatic carbocycles. The lowest BCUT2D eigenvalue weighted by Gasteiger charge is -2.37. The van der Waals surface area contributed by atoms with Gasteiger partial charge < -0.3 is 19.5 Å². The van der Waals surface area contributed by atoms with Gasteiger partial charge in [0, 0.05) is 53.8 Å². The molecule has 0 bridgehead atoms. The van der Waals surface area contributed by atoms with Gasteiger partial charge in [0.05, 0.1) is 41.5 Å². The maximum absolute atomic E-state index is 13.9. The average Bonchev–Trinajstić information content (AvgIpc) is 3.90. The van der Waals surface area contributed by atoms with E-state index in [-0.39, 0.29) is 52.4 Å². The summed E-state index contributed by atoms with van der Waals surface area (Å²) in [6.45, 7) is 2.03. The number of amides is 4. The third kappa shape index (κ3) is 11.6. The van der Waals surface area contributed by atoms with Crippen molar-refractivity contribution in [1.29, 1.82) is 0 Å². The summed E-state index contributed by atoms with van der Waals surface area (Å²) >= 11 is 0. The van der Waals surface area contributed by atoms with Gasteiger partial charge in [-0.1, -0.05) is 106 Å². The van der Waals surface area contributed by atoms with Gasteiger partial charge in [-0.25, -0.2) is 0 Å². The van der Waals surface area contributed by atoms with E-state index in [0.717, 1.165) is 99.9 Å². The summed E-state index contributed by atoms with van der Waals surface area (Å²) in [5.74, 6) is 0.421. The lowest BCUT2D eigenvalue weighted by Crippen LogP contribution is -3.14. The summed E-state index contributed by atoms with van der Waals surface area (Å²) in [7, 11) is 0. The van der Waals surface area contributed by atoms with Gasteiger partial charge in [-0.2, -0.15) is 0 Å². The number of allylic oxidation sites excluding steroid dienone is 5. The Hall–Kier alpha value is -7.83. The van der Waals surface area contributed by atoms with Crippen molar-refractivity contribution in [2.45, 2.75) is 134 Å². The molecule has 6 aliphatic rings. The highest BCUT2D eigenvalue weighted by Gasteiger charge is 2.37. The molecule has 0 saturated heterocycles. The number of carbonyl (C=O) groups excluding carboxylic acids is 5. The molecule has 4 amide bonds. The van der Waals surface area contributed by atoms with Gasteiger partial charge in [0.15, 0.2) is 5.78 Å². The summed E-state index contributed by atoms with van der Waals surface area (Å²) < 4.78 is 12.3. The number of anilines is 2. The number of rotatable bonds is 23. The van der Waals surface area contributed by atoms with Crippen molar-refractivity contribution < 1.29 is 43.5 Å². The van der Waals surface area contributed by atoms with Crippen molar-refractivity contribution in [2.24, 2.45) is 0 Å². The number of unbranched alkanes of at least 4 members (excludes halogenated alkanes) is 6. The zero-order valence-corrected chi connectivity index (χ0v) is 45.8. The Morgan fingerprint density at radius 1 is 0.487 bits per heavy atom. The van der Waals surface area contributed by atoms with E-state index in [0.29, 0.717) is 71.8 Å². The molecule has 5 aromatic rings. The van der Waals surface area contributed by atoms with Crippen LogP contribution < -0.4 is 24.4 Å². The molecule has 1 atom stereocenters. The summed E-state index contributed by atoms with van der Waals surface area (Å²) in [5.41, 5.74) is 7.07. The number of Topliss-reactive ketones (excluding diaryl/α,β-unsaturated/α-hetero) is 1. The standard InChI is InChI=1S/C68H72N4O8/c73-63-61(47-27-31-51(32-28-47)71(49-19-7-5-8-20-49)53-35-39-55(40-36-53)79-45-17-3-1-15-43-69-65(75)57-23-11-12-24-58(57)66(69)76)64(74)62(63)48-29-33-52(34-30-48)72(50-21-9-6-10-22-50)54-37-41-56(42-38-54)80-46-18-4-2-16-44-70-67(77)59-25-13-14-26-60(59)68(70)78/h11-14,23-42,49-51,73H,1-10,15-22,43-46H2. The second kappa shape index (κ2) is 25.1. The molecular formula is C68H72N4O8. The van der Waals surface area contributed by atoms with Crippen LogP contribution in [0.3, 0.4) is 0 Å². The van der Waals surface area contributed by atoms with Crippen molar-refractivity contribution in [2.75, 3.05) is 31.2 Å². The highest BCUT2D eigenvalue weighted by atomic mass is 16.5. The van der Waals surface area contributed by atoms with Crippen LogP contribution in [-0.2, 0) is 4.79 Å². The van der Waals surface area contributed by atoms with Crippen LogP contribution in [-0.4, -0.2) is 83.6 Å². The molecule has 1 unspecified atom stereocenters. The number of hydrogen-bond acceptors (Lipinski definition) is 9. The monoisotopic (exact) mass is 1070 g/mol. The van der Waals surface area contributed by atoms with E-state index in [1.54, 1.807) is 48.5 Å². The molecule has 1 N–H and O–H groups in total. The Balaban J connectivity index is 0.669. The summed E-state index contributed by atoms with van der Waals surface area (Å²) in [6.07, 6.45) is 26.9. The minimum absolute atomic E-state index is 0.0443. The molecule has 0 aromatic heterocycles. The van der Waals surface area contributed by atoms with Crippen LogP contribution in [0.25, 0.3) is 5.57 Å². The Morgan fingerprint density at radius 2 is 0.925 bits per heavy atom. The van der Waals surface area contributed by atoms with Crippen molar-refractivity contribution in [1.82, 2.24) is 9.80 Å². The quantitative estimate of drug-likeness (QED) is 0.0384. The Kier molecular flexibility index (Phi) is 17.0. The minimum atomic E-state index is -0.208. The molecule has 12 heteroatoms. The average molecular weight is 1070 g/mol. The van der Waals surface area contributed by atoms with E-state index >= 15 is 0 Å². The largest absolute Gasteiger partial charge is 0.871 e. The van der Waals surface area contributed by atoms with Gasteiger partial charge in [-0.15, -0.1) is 0 Å². The SMILES string of the molecule is O=C1C(=C2C=CC([NH+](c3ccc(OCCCCCCN4C(=O)c5ccccc5C4=O)cc3)C3CCCCC3)C=C2)C([O-])=C1c1ccc(N(c2ccc(OCCCCCCN3C(=O)c4ccccc4C3=O)cc2)C2CCCCC2)cc1. The van der Waals surface area contributed by atoms with E-state index in [1.165, 1.54) is 58.9 Å². The van der Waals surface area contributed by atoms with E-state index in [1.807, 2.05) is 48.6 Å². The van der Waals surface area contributed by atoms with E-state index in [2.05, 4.69) is 53.5 Å². The first-order chi connectivity index (χ1) is 39.2. The lowest BCUT2D eigenvalue weighted by atomic mass is 9.80. The molecule has 0 spiro atoms. The number of quaternary nitrogens is 1. The van der Waals surface area contributed by atoms with Crippen LogP contribution in [0.4, 0.5) is 17.1 Å². The predicted octanol–water partition coefficient (Wildman–Crippen LogP) is 11.6. The number of benzene rings is 5. The normalized spacial score (nSPS) is 18.8. The lowest BCUT2D eigenvalue weighted by molar-refractivity contribution is -0.874. The first-order valence-corrected chi connectivity index (χ1v) is 29.4. The van der Waals surface area contributed by atoms with Gasteiger partial charge >= 0.3 is 0 Å². The number of fused-ring (bicyclic) bond motifs is 2. The van der Waals surface area contributed by atoms with Gasteiger partial charge in [0.1, 0.15) is 23.2 Å². The van der Waals surface area contributed by atoms with Gasteiger partial charge in [0.25, 0.3) is 23.6 Å². The maximum Gasteiger partial charge on any atom is 0.261 e. The number of nitrogens with one attached hydrogen (secondary N) is 1. The number of imide groups is 2. The van der Waals surface area contributed by atoms with Crippen LogP contribution in [0, 0.1) is 0 Å². The number of carbonyl (C=O) groups is 5. The highest BCUT2D eigenvalue weighted by molar-refractivity contribution is 6.39. The Morgan fingerprint density at radius 3 is 1.40 bits per heavy atom. The molecule has 412 valence electrons. The van der Waals surface area contributed by atoms with Crippen LogP contribution in [0.1, 0.15) is 163 Å². The van der Waals surface area contributed by atoms with E-state index < -0.39 is 0 Å². The molecule has 12 nitrogen and oxygen atoms in total. The first kappa shape index (κ1) is 54.1. The van der Waals surface area contributed by atoms with Gasteiger partial charge in [-0.3, -0.25) is 38.7 Å². The van der Waals surface area contributed by atoms with Gasteiger partial charge in [0.2, 0.25) is 0 Å². The van der Waals surface area contributed by atoms with E-state index in [9.17, 15) is 29.1 Å². The number of ether oxygens (including phenoxy) is 2. The number of ketones is 1. The third-order valence-electron chi connectivity index (χ3n) is 17.1. The second-order valence-corrected chi connectivity index (χ2v) is 22.3. The molecule has 5 aromatic carbocycles. The zero-order chi connectivity index (χ0) is 55.0. The molecular weight excluding hydrogens is 1000 g/mol. The van der Waals surface area contributed by atoms with E-state index in [4.69, 9.17) is 9.47 Å². The smallest absolute Gasteiger partial charge is 0.261 e. The molecule has 2 fully saturated rings. The highest BCUT2D eigenvalue weighted by Crippen LogP contribution is 2.40. The van der Waals surface area contributed by atoms with Crippen molar-refractivity contribution in [3.8, 4) is 11.5 Å².